The molecule has 0 saturated carbocycles. The molecule has 98 valence electrons. The van der Waals surface area contributed by atoms with Gasteiger partial charge in [-0.05, 0) is 12.6 Å². The van der Waals surface area contributed by atoms with Crippen LogP contribution in [-0.2, 0) is 16.1 Å². The highest BCUT2D eigenvalue weighted by Gasteiger charge is 2.26. The number of esters is 1. The summed E-state index contributed by atoms with van der Waals surface area (Å²) in [7, 11) is 1.99. The lowest BCUT2D eigenvalue weighted by atomic mass is 10.2. The summed E-state index contributed by atoms with van der Waals surface area (Å²) in [6.07, 6.45) is -0.125. The van der Waals surface area contributed by atoms with Crippen LogP contribution in [-0.4, -0.2) is 48.7 Å². The number of hydrogen-bond donors (Lipinski definition) is 0. The van der Waals surface area contributed by atoms with E-state index in [9.17, 15) is 4.79 Å². The third-order valence-electron chi connectivity index (χ3n) is 3.23. The van der Waals surface area contributed by atoms with Crippen LogP contribution in [0.4, 0.5) is 0 Å². The van der Waals surface area contributed by atoms with Crippen LogP contribution < -0.4 is 0 Å². The molecule has 0 aliphatic carbocycles. The van der Waals surface area contributed by atoms with E-state index in [-0.39, 0.29) is 12.2 Å². The van der Waals surface area contributed by atoms with Gasteiger partial charge in [-0.1, -0.05) is 30.3 Å². The highest BCUT2D eigenvalue weighted by Crippen LogP contribution is 2.12. The van der Waals surface area contributed by atoms with Gasteiger partial charge in [0.2, 0.25) is 0 Å². The SMILES string of the molecule is CC(=O)O[C@H]1CN(Cc2ccccc2)CCN1C. The van der Waals surface area contributed by atoms with Crippen LogP contribution in [0.25, 0.3) is 0 Å². The van der Waals surface area contributed by atoms with Gasteiger partial charge in [-0.15, -0.1) is 0 Å². The second kappa shape index (κ2) is 5.98. The molecule has 2 rings (SSSR count). The molecule has 1 aromatic carbocycles. The van der Waals surface area contributed by atoms with Crippen molar-refractivity contribution in [1.29, 1.82) is 0 Å². The number of rotatable bonds is 3. The van der Waals surface area contributed by atoms with Crippen LogP contribution in [0.15, 0.2) is 30.3 Å². The van der Waals surface area contributed by atoms with Gasteiger partial charge in [-0.3, -0.25) is 14.6 Å². The van der Waals surface area contributed by atoms with Gasteiger partial charge in [0.25, 0.3) is 0 Å². The summed E-state index contributed by atoms with van der Waals surface area (Å²) in [5, 5.41) is 0. The van der Waals surface area contributed by atoms with Gasteiger partial charge in [0, 0.05) is 33.1 Å². The van der Waals surface area contributed by atoms with Crippen molar-refractivity contribution in [3.63, 3.8) is 0 Å². The molecule has 1 heterocycles. The maximum absolute atomic E-state index is 11.1. The van der Waals surface area contributed by atoms with Crippen LogP contribution in [0.2, 0.25) is 0 Å². The molecule has 0 radical (unpaired) electrons. The van der Waals surface area contributed by atoms with Gasteiger partial charge < -0.3 is 4.74 Å². The molecular formula is C14H20N2O2. The number of hydrogen-bond acceptors (Lipinski definition) is 4. The van der Waals surface area contributed by atoms with E-state index < -0.39 is 0 Å². The number of likely N-dealkylation sites (N-methyl/N-ethyl adjacent to an activating group) is 1. The van der Waals surface area contributed by atoms with Crippen LogP contribution >= 0.6 is 0 Å². The average Bonchev–Trinajstić information content (AvgIpc) is 2.34. The zero-order valence-corrected chi connectivity index (χ0v) is 11.0. The van der Waals surface area contributed by atoms with E-state index >= 15 is 0 Å². The molecule has 0 spiro atoms. The first kappa shape index (κ1) is 13.1. The Morgan fingerprint density at radius 1 is 1.33 bits per heavy atom. The third kappa shape index (κ3) is 3.55. The summed E-state index contributed by atoms with van der Waals surface area (Å²) in [5.74, 6) is -0.214. The summed E-state index contributed by atoms with van der Waals surface area (Å²) in [5.41, 5.74) is 1.30. The lowest BCUT2D eigenvalue weighted by molar-refractivity contribution is -0.161. The standard InChI is InChI=1S/C14H20N2O2/c1-12(17)18-14-11-16(9-8-15(14)2)10-13-6-4-3-5-7-13/h3-7,14H,8-11H2,1-2H3/t14-/m0/s1. The van der Waals surface area contributed by atoms with Gasteiger partial charge in [-0.2, -0.15) is 0 Å². The van der Waals surface area contributed by atoms with E-state index in [4.69, 9.17) is 4.74 Å². The molecule has 0 N–H and O–H groups in total. The quantitative estimate of drug-likeness (QED) is 0.755. The Labute approximate surface area is 108 Å². The Kier molecular flexibility index (Phi) is 4.33. The average molecular weight is 248 g/mol. The lowest BCUT2D eigenvalue weighted by Crippen LogP contribution is -2.52. The number of carbonyl (C=O) groups excluding carboxylic acids is 1. The van der Waals surface area contributed by atoms with E-state index in [2.05, 4.69) is 34.1 Å². The summed E-state index contributed by atoms with van der Waals surface area (Å²) in [6.45, 7) is 5.06. The smallest absolute Gasteiger partial charge is 0.304 e. The summed E-state index contributed by atoms with van der Waals surface area (Å²) >= 11 is 0. The van der Waals surface area contributed by atoms with Gasteiger partial charge in [-0.25, -0.2) is 0 Å². The Hall–Kier alpha value is -1.39. The van der Waals surface area contributed by atoms with E-state index in [1.165, 1.54) is 12.5 Å². The molecule has 4 nitrogen and oxygen atoms in total. The minimum absolute atomic E-state index is 0.125. The fourth-order valence-corrected chi connectivity index (χ4v) is 2.20. The fourth-order valence-electron chi connectivity index (χ4n) is 2.20. The van der Waals surface area contributed by atoms with Crippen molar-refractivity contribution in [3.05, 3.63) is 35.9 Å². The number of ether oxygens (including phenoxy) is 1. The molecule has 1 aliphatic rings. The Morgan fingerprint density at radius 3 is 2.72 bits per heavy atom. The molecule has 0 aromatic heterocycles. The van der Waals surface area contributed by atoms with E-state index in [1.54, 1.807) is 0 Å². The molecule has 1 aliphatic heterocycles. The highest BCUT2D eigenvalue weighted by molar-refractivity contribution is 5.66. The van der Waals surface area contributed by atoms with E-state index in [0.717, 1.165) is 26.2 Å². The maximum Gasteiger partial charge on any atom is 0.304 e. The molecule has 0 unspecified atom stereocenters. The summed E-state index contributed by atoms with van der Waals surface area (Å²) < 4.78 is 5.32. The molecule has 18 heavy (non-hydrogen) atoms. The molecule has 1 aromatic rings. The minimum atomic E-state index is -0.214. The first-order valence-corrected chi connectivity index (χ1v) is 6.29. The summed E-state index contributed by atoms with van der Waals surface area (Å²) in [4.78, 5) is 15.5. The van der Waals surface area contributed by atoms with Gasteiger partial charge in [0.05, 0.1) is 0 Å². The predicted molar refractivity (Wildman–Crippen MR) is 69.9 cm³/mol. The Balaban J connectivity index is 1.93. The van der Waals surface area contributed by atoms with Crippen molar-refractivity contribution >= 4 is 5.97 Å². The van der Waals surface area contributed by atoms with Crippen molar-refractivity contribution in [2.24, 2.45) is 0 Å². The number of carbonyl (C=O) groups is 1. The van der Waals surface area contributed by atoms with Crippen LogP contribution in [0.5, 0.6) is 0 Å². The Bertz CT molecular complexity index is 394. The van der Waals surface area contributed by atoms with Crippen LogP contribution in [0.1, 0.15) is 12.5 Å². The Morgan fingerprint density at radius 2 is 2.06 bits per heavy atom. The number of piperazine rings is 1. The molecular weight excluding hydrogens is 228 g/mol. The topological polar surface area (TPSA) is 32.8 Å². The van der Waals surface area contributed by atoms with Crippen molar-refractivity contribution in [1.82, 2.24) is 9.80 Å². The van der Waals surface area contributed by atoms with Crippen molar-refractivity contribution < 1.29 is 9.53 Å². The number of benzene rings is 1. The molecule has 1 fully saturated rings. The predicted octanol–water partition coefficient (Wildman–Crippen LogP) is 1.32. The zero-order valence-electron chi connectivity index (χ0n) is 11.0. The van der Waals surface area contributed by atoms with E-state index in [1.807, 2.05) is 13.1 Å². The maximum atomic E-state index is 11.1. The largest absolute Gasteiger partial charge is 0.445 e. The van der Waals surface area contributed by atoms with Crippen molar-refractivity contribution in [2.45, 2.75) is 19.7 Å². The fraction of sp³-hybridized carbons (Fsp3) is 0.500. The molecule has 0 amide bonds. The third-order valence-corrected chi connectivity index (χ3v) is 3.23. The minimum Gasteiger partial charge on any atom is -0.445 e. The van der Waals surface area contributed by atoms with Crippen molar-refractivity contribution in [3.8, 4) is 0 Å². The monoisotopic (exact) mass is 248 g/mol. The zero-order chi connectivity index (χ0) is 13.0. The molecule has 0 bridgehead atoms. The van der Waals surface area contributed by atoms with Gasteiger partial charge in [0.15, 0.2) is 6.23 Å². The first-order chi connectivity index (χ1) is 8.65. The number of nitrogens with zero attached hydrogens (tertiary/aromatic N) is 2. The second-order valence-electron chi connectivity index (χ2n) is 4.77. The normalized spacial score (nSPS) is 21.8. The van der Waals surface area contributed by atoms with Gasteiger partial charge in [0.1, 0.15) is 0 Å². The lowest BCUT2D eigenvalue weighted by Gasteiger charge is -2.38. The molecule has 1 atom stereocenters. The van der Waals surface area contributed by atoms with Crippen LogP contribution in [0, 0.1) is 0 Å². The van der Waals surface area contributed by atoms with E-state index in [0.29, 0.717) is 0 Å². The second-order valence-corrected chi connectivity index (χ2v) is 4.77. The summed E-state index contributed by atoms with van der Waals surface area (Å²) in [6, 6.07) is 10.4. The van der Waals surface area contributed by atoms with Gasteiger partial charge >= 0.3 is 5.97 Å². The highest BCUT2D eigenvalue weighted by atomic mass is 16.6. The first-order valence-electron chi connectivity index (χ1n) is 6.29. The molecule has 1 saturated heterocycles. The van der Waals surface area contributed by atoms with Crippen LogP contribution in [0.3, 0.4) is 0 Å². The van der Waals surface area contributed by atoms with Crippen molar-refractivity contribution in [2.75, 3.05) is 26.7 Å². The molecule has 4 heteroatoms.